The summed E-state index contributed by atoms with van der Waals surface area (Å²) in [6.07, 6.45) is 1.62. The van der Waals surface area contributed by atoms with Crippen LogP contribution in [0.5, 0.6) is 5.75 Å². The Morgan fingerprint density at radius 1 is 1.07 bits per heavy atom. The van der Waals surface area contributed by atoms with Crippen molar-refractivity contribution in [3.05, 3.63) is 64.6 Å². The van der Waals surface area contributed by atoms with Crippen LogP contribution in [0, 0.1) is 0 Å². The first-order chi connectivity index (χ1) is 13.5. The Kier molecular flexibility index (Phi) is 6.00. The highest BCUT2D eigenvalue weighted by Crippen LogP contribution is 2.32. The molecule has 2 aromatic rings. The van der Waals surface area contributed by atoms with Gasteiger partial charge >= 0.3 is 5.97 Å². The maximum atomic E-state index is 12.5. The molecule has 0 radical (unpaired) electrons. The van der Waals surface area contributed by atoms with Crippen molar-refractivity contribution in [1.29, 1.82) is 0 Å². The molecule has 0 unspecified atom stereocenters. The first-order valence-electron chi connectivity index (χ1n) is 8.33. The van der Waals surface area contributed by atoms with Crippen LogP contribution in [0.15, 0.2) is 53.4 Å². The summed E-state index contributed by atoms with van der Waals surface area (Å²) in [4.78, 5) is 37.7. The van der Waals surface area contributed by atoms with Crippen molar-refractivity contribution in [3.63, 3.8) is 0 Å². The van der Waals surface area contributed by atoms with Crippen molar-refractivity contribution in [2.45, 2.75) is 0 Å². The lowest BCUT2D eigenvalue weighted by atomic mass is 10.1. The van der Waals surface area contributed by atoms with Gasteiger partial charge in [-0.3, -0.25) is 14.5 Å². The SMILES string of the molecule is COC(=O)c1ccc(/C=C2\SC(=O)N(CNc3ccc(OC)cc3)C2=O)cc1. The smallest absolute Gasteiger partial charge is 0.337 e. The van der Waals surface area contributed by atoms with E-state index in [4.69, 9.17) is 4.74 Å². The van der Waals surface area contributed by atoms with E-state index in [1.165, 1.54) is 7.11 Å². The molecular weight excluding hydrogens is 380 g/mol. The van der Waals surface area contributed by atoms with Gasteiger partial charge in [-0.2, -0.15) is 0 Å². The third-order valence-electron chi connectivity index (χ3n) is 4.03. The predicted octanol–water partition coefficient (Wildman–Crippen LogP) is 3.59. The number of imide groups is 1. The van der Waals surface area contributed by atoms with Crippen LogP contribution in [0.4, 0.5) is 10.5 Å². The molecular formula is C20H18N2O5S. The molecule has 1 aliphatic heterocycles. The zero-order chi connectivity index (χ0) is 20.1. The van der Waals surface area contributed by atoms with Gasteiger partial charge in [0.2, 0.25) is 0 Å². The number of anilines is 1. The molecule has 2 aromatic carbocycles. The summed E-state index contributed by atoms with van der Waals surface area (Å²) in [5.74, 6) is -0.0811. The fourth-order valence-corrected chi connectivity index (χ4v) is 3.34. The number of nitrogens with one attached hydrogen (secondary N) is 1. The highest BCUT2D eigenvalue weighted by atomic mass is 32.2. The molecule has 8 heteroatoms. The van der Waals surface area contributed by atoms with E-state index in [2.05, 4.69) is 10.1 Å². The molecule has 144 valence electrons. The first kappa shape index (κ1) is 19.5. The largest absolute Gasteiger partial charge is 0.497 e. The lowest BCUT2D eigenvalue weighted by molar-refractivity contribution is -0.122. The Labute approximate surface area is 166 Å². The van der Waals surface area contributed by atoms with Crippen molar-refractivity contribution in [2.75, 3.05) is 26.2 Å². The summed E-state index contributed by atoms with van der Waals surface area (Å²) >= 11 is 0.880. The molecule has 1 heterocycles. The molecule has 0 atom stereocenters. The van der Waals surface area contributed by atoms with Crippen LogP contribution in [0.3, 0.4) is 0 Å². The number of carbonyl (C=O) groups excluding carboxylic acids is 3. The molecule has 0 spiro atoms. The van der Waals surface area contributed by atoms with Gasteiger partial charge in [0.15, 0.2) is 0 Å². The molecule has 3 rings (SSSR count). The molecule has 1 N–H and O–H groups in total. The van der Waals surface area contributed by atoms with Gasteiger partial charge in [0.1, 0.15) is 5.75 Å². The Hall–Kier alpha value is -3.26. The predicted molar refractivity (Wildman–Crippen MR) is 107 cm³/mol. The van der Waals surface area contributed by atoms with Crippen LogP contribution in [0.25, 0.3) is 6.08 Å². The van der Waals surface area contributed by atoms with Gasteiger partial charge in [0.25, 0.3) is 11.1 Å². The Morgan fingerprint density at radius 2 is 1.75 bits per heavy atom. The van der Waals surface area contributed by atoms with Gasteiger partial charge in [-0.25, -0.2) is 4.79 Å². The quantitative estimate of drug-likeness (QED) is 0.588. The van der Waals surface area contributed by atoms with Crippen LogP contribution >= 0.6 is 11.8 Å². The van der Waals surface area contributed by atoms with Gasteiger partial charge in [0, 0.05) is 5.69 Å². The molecule has 0 saturated carbocycles. The van der Waals surface area contributed by atoms with Crippen LogP contribution in [-0.2, 0) is 9.53 Å². The molecule has 2 amide bonds. The van der Waals surface area contributed by atoms with Crippen molar-refractivity contribution >= 4 is 40.6 Å². The second kappa shape index (κ2) is 8.62. The van der Waals surface area contributed by atoms with Crippen molar-refractivity contribution in [2.24, 2.45) is 0 Å². The van der Waals surface area contributed by atoms with Crippen LogP contribution in [-0.4, -0.2) is 42.9 Å². The number of carbonyl (C=O) groups is 3. The number of esters is 1. The average Bonchev–Trinajstić information content (AvgIpc) is 2.99. The molecule has 0 bridgehead atoms. The minimum atomic E-state index is -0.434. The van der Waals surface area contributed by atoms with Crippen LogP contribution in [0.1, 0.15) is 15.9 Å². The standard InChI is InChI=1S/C20H18N2O5S/c1-26-16-9-7-15(8-10-16)21-12-22-18(23)17(28-20(22)25)11-13-3-5-14(6-4-13)19(24)27-2/h3-11,21H,12H2,1-2H3/b17-11-. The minimum Gasteiger partial charge on any atom is -0.497 e. The summed E-state index contributed by atoms with van der Waals surface area (Å²) in [6.45, 7) is 0.0651. The fraction of sp³-hybridized carbons (Fsp3) is 0.150. The second-order valence-electron chi connectivity index (χ2n) is 5.79. The summed E-state index contributed by atoms with van der Waals surface area (Å²) in [7, 11) is 2.89. The molecule has 7 nitrogen and oxygen atoms in total. The maximum Gasteiger partial charge on any atom is 0.337 e. The van der Waals surface area contributed by atoms with Gasteiger partial charge in [-0.05, 0) is 59.8 Å². The van der Waals surface area contributed by atoms with E-state index in [9.17, 15) is 14.4 Å². The number of methoxy groups -OCH3 is 2. The van der Waals surface area contributed by atoms with E-state index in [0.717, 1.165) is 28.1 Å². The van der Waals surface area contributed by atoms with Crippen molar-refractivity contribution in [3.8, 4) is 5.75 Å². The number of hydrogen-bond donors (Lipinski definition) is 1. The fourth-order valence-electron chi connectivity index (χ4n) is 2.50. The lowest BCUT2D eigenvalue weighted by Gasteiger charge is -2.14. The molecule has 0 aromatic heterocycles. The molecule has 28 heavy (non-hydrogen) atoms. The van der Waals surface area contributed by atoms with Gasteiger partial charge in [-0.1, -0.05) is 12.1 Å². The highest BCUT2D eigenvalue weighted by Gasteiger charge is 2.34. The molecule has 0 aliphatic carbocycles. The van der Waals surface area contributed by atoms with E-state index < -0.39 is 5.97 Å². The number of amides is 2. The number of ether oxygens (including phenoxy) is 2. The summed E-state index contributed by atoms with van der Waals surface area (Å²) in [5, 5.41) is 2.70. The number of nitrogens with zero attached hydrogens (tertiary/aromatic N) is 1. The second-order valence-corrected chi connectivity index (χ2v) is 6.78. The topological polar surface area (TPSA) is 84.9 Å². The number of hydrogen-bond acceptors (Lipinski definition) is 7. The third-order valence-corrected chi connectivity index (χ3v) is 4.94. The van der Waals surface area contributed by atoms with Crippen molar-refractivity contribution in [1.82, 2.24) is 4.90 Å². The molecule has 1 aliphatic rings. The Morgan fingerprint density at radius 3 is 2.36 bits per heavy atom. The normalized spacial score (nSPS) is 15.1. The highest BCUT2D eigenvalue weighted by molar-refractivity contribution is 8.18. The van der Waals surface area contributed by atoms with Gasteiger partial charge in [-0.15, -0.1) is 0 Å². The number of thioether (sulfide) groups is 1. The minimum absolute atomic E-state index is 0.0651. The zero-order valence-electron chi connectivity index (χ0n) is 15.3. The number of benzene rings is 2. The van der Waals surface area contributed by atoms with E-state index in [-0.39, 0.29) is 17.8 Å². The van der Waals surface area contributed by atoms with E-state index >= 15 is 0 Å². The maximum absolute atomic E-state index is 12.5. The summed E-state index contributed by atoms with van der Waals surface area (Å²) < 4.78 is 9.75. The van der Waals surface area contributed by atoms with E-state index in [0.29, 0.717) is 16.0 Å². The summed E-state index contributed by atoms with van der Waals surface area (Å²) in [5.41, 5.74) is 1.89. The van der Waals surface area contributed by atoms with E-state index in [1.54, 1.807) is 61.7 Å². The van der Waals surface area contributed by atoms with Crippen LogP contribution < -0.4 is 10.1 Å². The van der Waals surface area contributed by atoms with Gasteiger partial charge < -0.3 is 14.8 Å². The average molecular weight is 398 g/mol. The molecule has 1 saturated heterocycles. The lowest BCUT2D eigenvalue weighted by Crippen LogP contribution is -2.33. The van der Waals surface area contributed by atoms with Crippen molar-refractivity contribution < 1.29 is 23.9 Å². The monoisotopic (exact) mass is 398 g/mol. The Balaban J connectivity index is 1.66. The van der Waals surface area contributed by atoms with E-state index in [1.807, 2.05) is 0 Å². The zero-order valence-corrected chi connectivity index (χ0v) is 16.1. The summed E-state index contributed by atoms with van der Waals surface area (Å²) in [6, 6.07) is 13.8. The van der Waals surface area contributed by atoms with Gasteiger partial charge in [0.05, 0.1) is 31.4 Å². The van der Waals surface area contributed by atoms with Crippen LogP contribution in [0.2, 0.25) is 0 Å². The third kappa shape index (κ3) is 4.34. The first-order valence-corrected chi connectivity index (χ1v) is 9.15. The number of rotatable bonds is 6. The molecule has 1 fully saturated rings. The Bertz CT molecular complexity index is 923.